The lowest BCUT2D eigenvalue weighted by atomic mass is 9.92. The van der Waals surface area contributed by atoms with E-state index in [4.69, 9.17) is 0 Å². The normalized spacial score (nSPS) is 11.7. The molecule has 0 spiro atoms. The third kappa shape index (κ3) is 3.49. The van der Waals surface area contributed by atoms with Crippen LogP contribution in [0.3, 0.4) is 0 Å². The van der Waals surface area contributed by atoms with Gasteiger partial charge in [-0.15, -0.1) is 0 Å². The molecule has 0 bridgehead atoms. The second-order valence-electron chi connectivity index (χ2n) is 8.09. The van der Waals surface area contributed by atoms with E-state index in [9.17, 15) is 9.59 Å². The van der Waals surface area contributed by atoms with Crippen molar-refractivity contribution in [2.45, 2.75) is 32.7 Å². The third-order valence-electron chi connectivity index (χ3n) is 4.84. The molecule has 30 heavy (non-hydrogen) atoms. The maximum Gasteiger partial charge on any atom is 0.329 e. The summed E-state index contributed by atoms with van der Waals surface area (Å²) in [5.41, 5.74) is 1.78. The molecule has 0 saturated heterocycles. The minimum absolute atomic E-state index is 0.119. The number of carbonyl (C=O) groups excluding carboxylic acids is 1. The van der Waals surface area contributed by atoms with Crippen LogP contribution in [0.4, 0.5) is 5.82 Å². The first kappa shape index (κ1) is 19.6. The fourth-order valence-electron chi connectivity index (χ4n) is 3.23. The molecule has 0 aliphatic carbocycles. The molecule has 154 valence electrons. The Morgan fingerprint density at radius 1 is 1.07 bits per heavy atom. The number of aromatic nitrogens is 6. The van der Waals surface area contributed by atoms with Gasteiger partial charge in [0.2, 0.25) is 5.91 Å². The summed E-state index contributed by atoms with van der Waals surface area (Å²) in [4.78, 5) is 33.9. The van der Waals surface area contributed by atoms with Crippen LogP contribution in [0.15, 0.2) is 53.6 Å². The minimum atomic E-state index is -0.342. The SMILES string of the molecule is Cn1c(=O)n(CC(=O)Nc2cc(C(C)(C)C)nn2-c2ncccn2)c2ccccc21. The molecular weight excluding hydrogens is 382 g/mol. The van der Waals surface area contributed by atoms with E-state index in [0.29, 0.717) is 17.3 Å². The summed E-state index contributed by atoms with van der Waals surface area (Å²) < 4.78 is 4.49. The van der Waals surface area contributed by atoms with Crippen molar-refractivity contribution in [3.8, 4) is 5.95 Å². The van der Waals surface area contributed by atoms with E-state index in [-0.39, 0.29) is 23.6 Å². The zero-order chi connectivity index (χ0) is 21.5. The molecule has 0 saturated carbocycles. The highest BCUT2D eigenvalue weighted by Crippen LogP contribution is 2.25. The molecule has 0 aliphatic rings. The number of rotatable bonds is 4. The monoisotopic (exact) mass is 405 g/mol. The summed E-state index contributed by atoms with van der Waals surface area (Å²) in [6, 6.07) is 10.9. The van der Waals surface area contributed by atoms with Gasteiger partial charge in [-0.1, -0.05) is 32.9 Å². The number of amides is 1. The number of anilines is 1. The van der Waals surface area contributed by atoms with E-state index < -0.39 is 0 Å². The van der Waals surface area contributed by atoms with Gasteiger partial charge in [-0.25, -0.2) is 14.8 Å². The Kier molecular flexibility index (Phi) is 4.73. The maximum atomic E-state index is 12.9. The predicted octanol–water partition coefficient (Wildman–Crippen LogP) is 2.25. The number of carbonyl (C=O) groups is 1. The molecule has 4 rings (SSSR count). The number of nitrogens with one attached hydrogen (secondary N) is 1. The van der Waals surface area contributed by atoms with Gasteiger partial charge in [0.15, 0.2) is 0 Å². The Morgan fingerprint density at radius 2 is 1.73 bits per heavy atom. The molecule has 0 fully saturated rings. The number of hydrogen-bond acceptors (Lipinski definition) is 5. The van der Waals surface area contributed by atoms with E-state index in [1.807, 2.05) is 45.0 Å². The van der Waals surface area contributed by atoms with Gasteiger partial charge in [0.1, 0.15) is 12.4 Å². The zero-order valence-electron chi connectivity index (χ0n) is 17.3. The topological polar surface area (TPSA) is 99.6 Å². The van der Waals surface area contributed by atoms with Gasteiger partial charge < -0.3 is 5.32 Å². The van der Waals surface area contributed by atoms with Crippen molar-refractivity contribution in [2.24, 2.45) is 7.05 Å². The number of imidazole rings is 1. The van der Waals surface area contributed by atoms with E-state index in [1.54, 1.807) is 31.6 Å². The van der Waals surface area contributed by atoms with Gasteiger partial charge >= 0.3 is 5.69 Å². The average Bonchev–Trinajstić information content (AvgIpc) is 3.24. The van der Waals surface area contributed by atoms with Crippen molar-refractivity contribution in [3.05, 3.63) is 65.0 Å². The van der Waals surface area contributed by atoms with Gasteiger partial charge in [-0.05, 0) is 18.2 Å². The predicted molar refractivity (Wildman–Crippen MR) is 114 cm³/mol. The number of para-hydroxylation sites is 2. The van der Waals surface area contributed by atoms with Gasteiger partial charge in [0.05, 0.1) is 16.7 Å². The van der Waals surface area contributed by atoms with Gasteiger partial charge in [0, 0.05) is 30.9 Å². The Labute approximate surface area is 173 Å². The number of benzene rings is 1. The van der Waals surface area contributed by atoms with Gasteiger partial charge in [0.25, 0.3) is 5.95 Å². The molecule has 3 heterocycles. The Hall–Kier alpha value is -3.75. The summed E-state index contributed by atoms with van der Waals surface area (Å²) in [6.45, 7) is 5.98. The molecule has 0 aliphatic heterocycles. The Morgan fingerprint density at radius 3 is 2.40 bits per heavy atom. The minimum Gasteiger partial charge on any atom is -0.309 e. The second-order valence-corrected chi connectivity index (χ2v) is 8.09. The van der Waals surface area contributed by atoms with E-state index in [2.05, 4.69) is 20.4 Å². The maximum absolute atomic E-state index is 12.9. The smallest absolute Gasteiger partial charge is 0.309 e. The van der Waals surface area contributed by atoms with Gasteiger partial charge in [-0.3, -0.25) is 13.9 Å². The molecule has 1 N–H and O–H groups in total. The highest BCUT2D eigenvalue weighted by molar-refractivity contribution is 5.91. The van der Waals surface area contributed by atoms with Crippen LogP contribution < -0.4 is 11.0 Å². The average molecular weight is 405 g/mol. The number of fused-ring (bicyclic) bond motifs is 1. The van der Waals surface area contributed by atoms with Crippen molar-refractivity contribution in [1.29, 1.82) is 0 Å². The number of nitrogens with zero attached hydrogens (tertiary/aromatic N) is 6. The number of hydrogen-bond donors (Lipinski definition) is 1. The Balaban J connectivity index is 1.68. The van der Waals surface area contributed by atoms with Crippen LogP contribution in [0.1, 0.15) is 26.5 Å². The molecular formula is C21H23N7O2. The van der Waals surface area contributed by atoms with Crippen molar-refractivity contribution < 1.29 is 4.79 Å². The molecule has 1 aromatic carbocycles. The molecule has 0 radical (unpaired) electrons. The standard InChI is InChI=1S/C21H23N7O2/c1-21(2,3)16-12-17(28(25-16)19-22-10-7-11-23-19)24-18(29)13-27-15-9-6-5-8-14(15)26(4)20(27)30/h5-12H,13H2,1-4H3,(H,24,29). The molecule has 0 atom stereocenters. The van der Waals surface area contributed by atoms with Crippen LogP contribution in [-0.2, 0) is 23.8 Å². The molecule has 1 amide bonds. The number of aryl methyl sites for hydroxylation is 1. The summed E-state index contributed by atoms with van der Waals surface area (Å²) >= 11 is 0. The third-order valence-corrected chi connectivity index (χ3v) is 4.84. The summed E-state index contributed by atoms with van der Waals surface area (Å²) in [7, 11) is 1.69. The van der Waals surface area contributed by atoms with Crippen molar-refractivity contribution in [1.82, 2.24) is 28.9 Å². The highest BCUT2D eigenvalue weighted by Gasteiger charge is 2.23. The van der Waals surface area contributed by atoms with E-state index in [1.165, 1.54) is 13.8 Å². The van der Waals surface area contributed by atoms with Crippen LogP contribution in [0.25, 0.3) is 17.0 Å². The van der Waals surface area contributed by atoms with Crippen LogP contribution in [0.5, 0.6) is 0 Å². The van der Waals surface area contributed by atoms with E-state index >= 15 is 0 Å². The zero-order valence-corrected chi connectivity index (χ0v) is 17.3. The highest BCUT2D eigenvalue weighted by atomic mass is 16.2. The van der Waals surface area contributed by atoms with Crippen molar-refractivity contribution in [2.75, 3.05) is 5.32 Å². The molecule has 9 nitrogen and oxygen atoms in total. The van der Waals surface area contributed by atoms with Gasteiger partial charge in [-0.2, -0.15) is 9.78 Å². The lowest BCUT2D eigenvalue weighted by Gasteiger charge is -2.13. The molecule has 9 heteroatoms. The van der Waals surface area contributed by atoms with E-state index in [0.717, 1.165) is 11.2 Å². The van der Waals surface area contributed by atoms with Crippen LogP contribution in [0, 0.1) is 0 Å². The van der Waals surface area contributed by atoms with Crippen LogP contribution in [-0.4, -0.2) is 34.8 Å². The van der Waals surface area contributed by atoms with Crippen molar-refractivity contribution in [3.63, 3.8) is 0 Å². The lowest BCUT2D eigenvalue weighted by molar-refractivity contribution is -0.116. The summed E-state index contributed by atoms with van der Waals surface area (Å²) in [6.07, 6.45) is 3.23. The lowest BCUT2D eigenvalue weighted by Crippen LogP contribution is -2.29. The Bertz CT molecular complexity index is 1280. The fraction of sp³-hybridized carbons (Fsp3) is 0.286. The summed E-state index contributed by atoms with van der Waals surface area (Å²) in [5.74, 6) is 0.459. The first-order valence-corrected chi connectivity index (χ1v) is 9.58. The first-order valence-electron chi connectivity index (χ1n) is 9.58. The van der Waals surface area contributed by atoms with Crippen LogP contribution in [0.2, 0.25) is 0 Å². The molecule has 4 aromatic rings. The van der Waals surface area contributed by atoms with Crippen molar-refractivity contribution >= 4 is 22.8 Å². The molecule has 0 unspecified atom stereocenters. The first-order chi connectivity index (χ1) is 14.3. The molecule has 3 aromatic heterocycles. The summed E-state index contributed by atoms with van der Waals surface area (Å²) in [5, 5.41) is 7.45. The largest absolute Gasteiger partial charge is 0.329 e. The van der Waals surface area contributed by atoms with Crippen LogP contribution >= 0.6 is 0 Å². The second kappa shape index (κ2) is 7.25. The quantitative estimate of drug-likeness (QED) is 0.561. The fourth-order valence-corrected chi connectivity index (χ4v) is 3.23.